The minimum Gasteiger partial charge on any atom is -0.377 e. The van der Waals surface area contributed by atoms with E-state index in [0.717, 1.165) is 19.4 Å². The van der Waals surface area contributed by atoms with Crippen LogP contribution in [0.5, 0.6) is 0 Å². The number of imidazole rings is 1. The molecule has 2 aromatic rings. The van der Waals surface area contributed by atoms with Gasteiger partial charge in [-0.1, -0.05) is 6.92 Å². The lowest BCUT2D eigenvalue weighted by atomic mass is 9.65. The summed E-state index contributed by atoms with van der Waals surface area (Å²) in [6.07, 6.45) is -2.47. The van der Waals surface area contributed by atoms with Crippen molar-refractivity contribution in [2.24, 2.45) is 11.8 Å². The van der Waals surface area contributed by atoms with E-state index in [4.69, 9.17) is 4.74 Å². The SMILES string of the molecule is CCC1C(NC(=O)c2ccc3nc(C(F)(F)F)[nH]c3c2)C2CCOC12. The highest BCUT2D eigenvalue weighted by atomic mass is 19.4. The summed E-state index contributed by atoms with van der Waals surface area (Å²) >= 11 is 0. The largest absolute Gasteiger partial charge is 0.449 e. The van der Waals surface area contributed by atoms with E-state index in [0.29, 0.717) is 17.4 Å². The first kappa shape index (κ1) is 16.4. The molecule has 4 atom stereocenters. The van der Waals surface area contributed by atoms with Crippen molar-refractivity contribution in [1.82, 2.24) is 15.3 Å². The third kappa shape index (κ3) is 2.68. The zero-order chi connectivity index (χ0) is 17.8. The molecule has 1 saturated heterocycles. The second-order valence-electron chi connectivity index (χ2n) is 6.67. The van der Waals surface area contributed by atoms with Gasteiger partial charge in [-0.3, -0.25) is 4.79 Å². The molecule has 25 heavy (non-hydrogen) atoms. The Labute approximate surface area is 142 Å². The Bertz CT molecular complexity index is 817. The van der Waals surface area contributed by atoms with Gasteiger partial charge in [-0.05, 0) is 31.0 Å². The first-order valence-electron chi connectivity index (χ1n) is 8.38. The molecule has 134 valence electrons. The molecular weight excluding hydrogens is 335 g/mol. The summed E-state index contributed by atoms with van der Waals surface area (Å²) in [4.78, 5) is 18.3. The van der Waals surface area contributed by atoms with E-state index in [1.807, 2.05) is 0 Å². The van der Waals surface area contributed by atoms with Gasteiger partial charge < -0.3 is 15.0 Å². The highest BCUT2D eigenvalue weighted by Crippen LogP contribution is 2.45. The van der Waals surface area contributed by atoms with Crippen LogP contribution in [0.3, 0.4) is 0 Å². The van der Waals surface area contributed by atoms with Crippen LogP contribution in [0, 0.1) is 11.8 Å². The van der Waals surface area contributed by atoms with Crippen LogP contribution in [0.25, 0.3) is 11.0 Å². The number of halogens is 3. The van der Waals surface area contributed by atoms with Crippen molar-refractivity contribution >= 4 is 16.9 Å². The Hall–Kier alpha value is -2.09. The zero-order valence-electron chi connectivity index (χ0n) is 13.6. The Morgan fingerprint density at radius 1 is 1.44 bits per heavy atom. The summed E-state index contributed by atoms with van der Waals surface area (Å²) in [5.41, 5.74) is 0.702. The molecule has 0 radical (unpaired) electrons. The smallest absolute Gasteiger partial charge is 0.377 e. The molecule has 5 nitrogen and oxygen atoms in total. The maximum atomic E-state index is 12.7. The lowest BCUT2D eigenvalue weighted by Gasteiger charge is -2.47. The molecule has 0 bridgehead atoms. The van der Waals surface area contributed by atoms with E-state index in [9.17, 15) is 18.0 Å². The summed E-state index contributed by atoms with van der Waals surface area (Å²) in [7, 11) is 0. The van der Waals surface area contributed by atoms with Crippen molar-refractivity contribution in [3.05, 3.63) is 29.6 Å². The number of aromatic amines is 1. The number of alkyl halides is 3. The number of H-pyrrole nitrogens is 1. The van der Waals surface area contributed by atoms with E-state index in [1.165, 1.54) is 18.2 Å². The maximum Gasteiger partial charge on any atom is 0.449 e. The van der Waals surface area contributed by atoms with E-state index in [-0.39, 0.29) is 29.1 Å². The Morgan fingerprint density at radius 2 is 2.24 bits per heavy atom. The monoisotopic (exact) mass is 353 g/mol. The molecule has 2 aliphatic rings. The van der Waals surface area contributed by atoms with Crippen molar-refractivity contribution in [2.45, 2.75) is 38.1 Å². The lowest BCUT2D eigenvalue weighted by Crippen LogP contribution is -2.61. The summed E-state index contributed by atoms with van der Waals surface area (Å²) in [6.45, 7) is 2.79. The molecule has 1 saturated carbocycles. The Balaban J connectivity index is 1.54. The number of rotatable bonds is 3. The number of nitrogens with one attached hydrogen (secondary N) is 2. The number of nitrogens with zero attached hydrogens (tertiary/aromatic N) is 1. The molecule has 4 unspecified atom stereocenters. The Kier molecular flexibility index (Phi) is 3.75. The zero-order valence-corrected chi connectivity index (χ0v) is 13.6. The summed E-state index contributed by atoms with van der Waals surface area (Å²) < 4.78 is 43.9. The molecule has 1 aliphatic carbocycles. The summed E-state index contributed by atoms with van der Waals surface area (Å²) in [6, 6.07) is 4.40. The predicted octanol–water partition coefficient (Wildman–Crippen LogP) is 3.13. The van der Waals surface area contributed by atoms with Crippen LogP contribution in [0.2, 0.25) is 0 Å². The third-order valence-corrected chi connectivity index (χ3v) is 5.31. The number of hydrogen-bond acceptors (Lipinski definition) is 3. The number of carbonyl (C=O) groups excluding carboxylic acids is 1. The van der Waals surface area contributed by atoms with Crippen LogP contribution < -0.4 is 5.32 Å². The first-order chi connectivity index (χ1) is 11.9. The number of carbonyl (C=O) groups is 1. The minimum absolute atomic E-state index is 0.0631. The second kappa shape index (κ2) is 5.72. The normalized spacial score (nSPS) is 28.6. The van der Waals surface area contributed by atoms with Crippen molar-refractivity contribution in [3.8, 4) is 0 Å². The van der Waals surface area contributed by atoms with E-state index in [1.54, 1.807) is 0 Å². The van der Waals surface area contributed by atoms with Gasteiger partial charge in [0.25, 0.3) is 5.91 Å². The van der Waals surface area contributed by atoms with Gasteiger partial charge in [0.05, 0.1) is 17.1 Å². The van der Waals surface area contributed by atoms with E-state index < -0.39 is 12.0 Å². The van der Waals surface area contributed by atoms with Gasteiger partial charge in [-0.25, -0.2) is 4.98 Å². The molecule has 1 aromatic heterocycles. The predicted molar refractivity (Wildman–Crippen MR) is 84.0 cm³/mol. The quantitative estimate of drug-likeness (QED) is 0.891. The summed E-state index contributed by atoms with van der Waals surface area (Å²) in [5.74, 6) is -0.708. The number of ether oxygens (including phenoxy) is 1. The van der Waals surface area contributed by atoms with Crippen LogP contribution in [0.4, 0.5) is 13.2 Å². The molecule has 1 aliphatic heterocycles. The van der Waals surface area contributed by atoms with E-state index >= 15 is 0 Å². The highest BCUT2D eigenvalue weighted by Gasteiger charge is 2.53. The molecule has 1 amide bonds. The number of hydrogen-bond donors (Lipinski definition) is 2. The van der Waals surface area contributed by atoms with Gasteiger partial charge in [0.15, 0.2) is 0 Å². The molecule has 0 spiro atoms. The standard InChI is InChI=1S/C17H18F3N3O2/c1-2-9-13(10-5-6-25-14(9)10)23-15(24)8-3-4-11-12(7-8)22-16(21-11)17(18,19)20/h3-4,7,9-10,13-14H,2,5-6H2,1H3,(H,21,22)(H,23,24). The molecule has 8 heteroatoms. The maximum absolute atomic E-state index is 12.7. The van der Waals surface area contributed by atoms with Crippen molar-refractivity contribution in [1.29, 1.82) is 0 Å². The second-order valence-corrected chi connectivity index (χ2v) is 6.67. The van der Waals surface area contributed by atoms with E-state index in [2.05, 4.69) is 22.2 Å². The molecule has 2 fully saturated rings. The minimum atomic E-state index is -4.54. The van der Waals surface area contributed by atoms with Gasteiger partial charge >= 0.3 is 6.18 Å². The average Bonchev–Trinajstić information content (AvgIpc) is 3.16. The first-order valence-corrected chi connectivity index (χ1v) is 8.38. The van der Waals surface area contributed by atoms with Crippen molar-refractivity contribution in [3.63, 3.8) is 0 Å². The average molecular weight is 353 g/mol. The van der Waals surface area contributed by atoms with Crippen LogP contribution >= 0.6 is 0 Å². The van der Waals surface area contributed by atoms with Crippen molar-refractivity contribution in [2.75, 3.05) is 6.61 Å². The number of aromatic nitrogens is 2. The number of amides is 1. The van der Waals surface area contributed by atoms with Crippen LogP contribution in [-0.4, -0.2) is 34.6 Å². The molecule has 2 N–H and O–H groups in total. The highest BCUT2D eigenvalue weighted by molar-refractivity contribution is 5.97. The van der Waals surface area contributed by atoms with Gasteiger partial charge in [-0.15, -0.1) is 0 Å². The van der Waals surface area contributed by atoms with Gasteiger partial charge in [0, 0.05) is 30.0 Å². The van der Waals surface area contributed by atoms with Gasteiger partial charge in [0.1, 0.15) is 0 Å². The van der Waals surface area contributed by atoms with Gasteiger partial charge in [-0.2, -0.15) is 13.2 Å². The fourth-order valence-electron chi connectivity index (χ4n) is 4.05. The van der Waals surface area contributed by atoms with Crippen LogP contribution in [-0.2, 0) is 10.9 Å². The van der Waals surface area contributed by atoms with Crippen LogP contribution in [0.1, 0.15) is 35.9 Å². The Morgan fingerprint density at radius 3 is 2.96 bits per heavy atom. The lowest BCUT2D eigenvalue weighted by molar-refractivity contribution is -0.144. The number of fused-ring (bicyclic) bond motifs is 2. The molecular formula is C17H18F3N3O2. The third-order valence-electron chi connectivity index (χ3n) is 5.31. The summed E-state index contributed by atoms with van der Waals surface area (Å²) in [5, 5.41) is 3.03. The molecule has 1 aromatic carbocycles. The van der Waals surface area contributed by atoms with Gasteiger partial charge in [0.2, 0.25) is 5.82 Å². The molecule has 2 heterocycles. The van der Waals surface area contributed by atoms with Crippen molar-refractivity contribution < 1.29 is 22.7 Å². The fourth-order valence-corrected chi connectivity index (χ4v) is 4.05. The molecule has 4 rings (SSSR count). The van der Waals surface area contributed by atoms with Crippen LogP contribution in [0.15, 0.2) is 18.2 Å². The fraction of sp³-hybridized carbons (Fsp3) is 0.529. The number of benzene rings is 1. The topological polar surface area (TPSA) is 67.0 Å².